The van der Waals surface area contributed by atoms with E-state index in [1.54, 1.807) is 16.8 Å². The number of furan rings is 1. The van der Waals surface area contributed by atoms with Crippen LogP contribution in [0.2, 0.25) is 0 Å². The molecule has 1 unspecified atom stereocenters. The van der Waals surface area contributed by atoms with Gasteiger partial charge in [-0.3, -0.25) is 10.1 Å². The van der Waals surface area contributed by atoms with E-state index in [1.165, 1.54) is 35.6 Å². The summed E-state index contributed by atoms with van der Waals surface area (Å²) >= 11 is 1.28. The van der Waals surface area contributed by atoms with E-state index >= 15 is 0 Å². The van der Waals surface area contributed by atoms with E-state index in [-0.39, 0.29) is 16.8 Å². The number of amides is 1. The number of carbonyl (C=O) groups excluding carboxylic acids is 1. The molecule has 8 nitrogen and oxygen atoms in total. The molecule has 0 radical (unpaired) electrons. The molecule has 1 saturated heterocycles. The van der Waals surface area contributed by atoms with E-state index in [0.29, 0.717) is 40.0 Å². The summed E-state index contributed by atoms with van der Waals surface area (Å²) in [4.78, 5) is 17.4. The number of nitrogens with zero attached hydrogens (tertiary/aromatic N) is 2. The van der Waals surface area contributed by atoms with Crippen LogP contribution in [0.15, 0.2) is 63.2 Å². The van der Waals surface area contributed by atoms with Crippen LogP contribution in [0.3, 0.4) is 0 Å². The monoisotopic (exact) mass is 511 g/mol. The number of sulfonamides is 1. The van der Waals surface area contributed by atoms with Crippen molar-refractivity contribution in [1.82, 2.24) is 9.29 Å². The fourth-order valence-electron chi connectivity index (χ4n) is 4.28. The van der Waals surface area contributed by atoms with Gasteiger partial charge in [-0.15, -0.1) is 11.3 Å². The van der Waals surface area contributed by atoms with Crippen LogP contribution in [-0.2, 0) is 10.0 Å². The number of fused-ring (bicyclic) bond motifs is 1. The van der Waals surface area contributed by atoms with E-state index < -0.39 is 10.0 Å². The fraction of sp³-hybridized carbons (Fsp3) is 0.280. The third-order valence-corrected chi connectivity index (χ3v) is 8.96. The molecule has 0 saturated carbocycles. The second-order valence-corrected chi connectivity index (χ2v) is 11.2. The van der Waals surface area contributed by atoms with Crippen molar-refractivity contribution in [1.29, 1.82) is 0 Å². The van der Waals surface area contributed by atoms with Crippen LogP contribution in [0.1, 0.15) is 36.5 Å². The van der Waals surface area contributed by atoms with E-state index in [0.717, 1.165) is 24.6 Å². The molecular weight excluding hydrogens is 486 g/mol. The minimum atomic E-state index is -3.58. The average molecular weight is 512 g/mol. The van der Waals surface area contributed by atoms with Crippen molar-refractivity contribution in [3.8, 4) is 17.2 Å². The number of anilines is 1. The van der Waals surface area contributed by atoms with Crippen molar-refractivity contribution in [3.63, 3.8) is 0 Å². The molecule has 4 aromatic rings. The largest absolute Gasteiger partial charge is 0.493 e. The Hall–Kier alpha value is -3.21. The number of ether oxygens (including phenoxy) is 1. The number of aromatic nitrogens is 1. The molecule has 182 valence electrons. The molecule has 10 heteroatoms. The van der Waals surface area contributed by atoms with Gasteiger partial charge in [0.1, 0.15) is 5.69 Å². The molecule has 1 atom stereocenters. The number of piperidine rings is 1. The van der Waals surface area contributed by atoms with Crippen LogP contribution in [0.4, 0.5) is 5.13 Å². The minimum absolute atomic E-state index is 0.0244. The van der Waals surface area contributed by atoms with Gasteiger partial charge in [-0.2, -0.15) is 4.31 Å². The number of carbonyl (C=O) groups is 1. The highest BCUT2D eigenvalue weighted by Crippen LogP contribution is 2.34. The summed E-state index contributed by atoms with van der Waals surface area (Å²) in [5, 5.41) is 5.88. The average Bonchev–Trinajstić information content (AvgIpc) is 3.51. The van der Waals surface area contributed by atoms with Crippen molar-refractivity contribution in [2.75, 3.05) is 19.0 Å². The SMILES string of the molecule is COc1cccc2cc(-c3csc(NC(=O)c4ccc(S(=O)(=O)N5CCCCC5C)cc4)n3)oc12. The quantitative estimate of drug-likeness (QED) is 0.373. The lowest BCUT2D eigenvalue weighted by atomic mass is 10.1. The Bertz CT molecular complexity index is 1470. The molecule has 1 fully saturated rings. The maximum absolute atomic E-state index is 13.0. The van der Waals surface area contributed by atoms with Crippen molar-refractivity contribution in [2.45, 2.75) is 37.1 Å². The van der Waals surface area contributed by atoms with E-state index in [9.17, 15) is 13.2 Å². The first kappa shape index (κ1) is 23.5. The Kier molecular flexibility index (Phi) is 6.35. The zero-order chi connectivity index (χ0) is 24.6. The van der Waals surface area contributed by atoms with Gasteiger partial charge in [-0.1, -0.05) is 18.6 Å². The predicted octanol–water partition coefficient (Wildman–Crippen LogP) is 5.38. The van der Waals surface area contributed by atoms with Gasteiger partial charge < -0.3 is 9.15 Å². The van der Waals surface area contributed by atoms with Crippen LogP contribution in [0, 0.1) is 0 Å². The van der Waals surface area contributed by atoms with Crippen LogP contribution in [0.5, 0.6) is 5.75 Å². The third kappa shape index (κ3) is 4.56. The summed E-state index contributed by atoms with van der Waals surface area (Å²) in [6, 6.07) is 13.5. The van der Waals surface area contributed by atoms with Gasteiger partial charge in [-0.05, 0) is 56.2 Å². The first-order valence-electron chi connectivity index (χ1n) is 11.3. The van der Waals surface area contributed by atoms with E-state index in [4.69, 9.17) is 9.15 Å². The molecular formula is C25H25N3O5S2. The fourth-order valence-corrected chi connectivity index (χ4v) is 6.67. The molecule has 3 heterocycles. The van der Waals surface area contributed by atoms with Crippen molar-refractivity contribution in [2.24, 2.45) is 0 Å². The number of thiazole rings is 1. The Balaban J connectivity index is 1.30. The molecule has 5 rings (SSSR count). The Morgan fingerprint density at radius 3 is 2.74 bits per heavy atom. The van der Waals surface area contributed by atoms with Gasteiger partial charge in [0, 0.05) is 28.9 Å². The highest BCUT2D eigenvalue weighted by molar-refractivity contribution is 7.89. The number of hydrogen-bond acceptors (Lipinski definition) is 7. The molecule has 0 aliphatic carbocycles. The molecule has 1 N–H and O–H groups in total. The molecule has 35 heavy (non-hydrogen) atoms. The number of methoxy groups -OCH3 is 1. The lowest BCUT2D eigenvalue weighted by Gasteiger charge is -2.32. The molecule has 0 bridgehead atoms. The summed E-state index contributed by atoms with van der Waals surface area (Å²) in [5.74, 6) is 0.841. The zero-order valence-corrected chi connectivity index (χ0v) is 21.0. The standard InChI is InChI=1S/C25H25N3O5S2/c1-16-6-3-4-13-28(16)35(30,31)19-11-9-17(10-12-19)24(29)27-25-26-20(15-34-25)22-14-18-7-5-8-21(32-2)23(18)33-22/h5,7-12,14-16H,3-4,6,13H2,1-2H3,(H,26,27,29). The molecule has 2 aromatic carbocycles. The number of rotatable bonds is 6. The number of hydrogen-bond donors (Lipinski definition) is 1. The Morgan fingerprint density at radius 2 is 2.00 bits per heavy atom. The number of benzene rings is 2. The maximum atomic E-state index is 13.0. The van der Waals surface area contributed by atoms with Crippen molar-refractivity contribution < 1.29 is 22.4 Å². The van der Waals surface area contributed by atoms with Gasteiger partial charge in [0.2, 0.25) is 10.0 Å². The molecule has 1 aliphatic rings. The van der Waals surface area contributed by atoms with E-state index in [2.05, 4.69) is 10.3 Å². The van der Waals surface area contributed by atoms with Gasteiger partial charge in [-0.25, -0.2) is 13.4 Å². The molecule has 1 aliphatic heterocycles. The highest BCUT2D eigenvalue weighted by Gasteiger charge is 2.31. The topological polar surface area (TPSA) is 102 Å². The Morgan fingerprint density at radius 1 is 1.20 bits per heavy atom. The molecule has 0 spiro atoms. The summed E-state index contributed by atoms with van der Waals surface area (Å²) in [6.45, 7) is 2.46. The summed E-state index contributed by atoms with van der Waals surface area (Å²) in [7, 11) is -2.00. The summed E-state index contributed by atoms with van der Waals surface area (Å²) in [5.41, 5.74) is 1.58. The predicted molar refractivity (Wildman–Crippen MR) is 135 cm³/mol. The summed E-state index contributed by atoms with van der Waals surface area (Å²) in [6.07, 6.45) is 2.76. The lowest BCUT2D eigenvalue weighted by Crippen LogP contribution is -2.41. The Labute approximate surface area is 207 Å². The first-order valence-corrected chi connectivity index (χ1v) is 13.6. The van der Waals surface area contributed by atoms with E-state index in [1.807, 2.05) is 31.2 Å². The zero-order valence-electron chi connectivity index (χ0n) is 19.4. The second-order valence-electron chi connectivity index (χ2n) is 8.47. The smallest absolute Gasteiger partial charge is 0.257 e. The van der Waals surface area contributed by atoms with Gasteiger partial charge >= 0.3 is 0 Å². The van der Waals surface area contributed by atoms with Crippen molar-refractivity contribution >= 4 is 43.4 Å². The van der Waals surface area contributed by atoms with Gasteiger partial charge in [0.05, 0.1) is 12.0 Å². The minimum Gasteiger partial charge on any atom is -0.493 e. The van der Waals surface area contributed by atoms with Crippen LogP contribution >= 0.6 is 11.3 Å². The van der Waals surface area contributed by atoms with Gasteiger partial charge in [0.15, 0.2) is 22.2 Å². The number of para-hydroxylation sites is 1. The first-order chi connectivity index (χ1) is 16.9. The lowest BCUT2D eigenvalue weighted by molar-refractivity contribution is 0.102. The second kappa shape index (κ2) is 9.44. The molecule has 2 aromatic heterocycles. The van der Waals surface area contributed by atoms with Crippen molar-refractivity contribution in [3.05, 3.63) is 59.5 Å². The van der Waals surface area contributed by atoms with Gasteiger partial charge in [0.25, 0.3) is 5.91 Å². The normalized spacial score (nSPS) is 16.9. The maximum Gasteiger partial charge on any atom is 0.257 e. The van der Waals surface area contributed by atoms with Crippen LogP contribution in [-0.4, -0.2) is 43.3 Å². The number of nitrogens with one attached hydrogen (secondary N) is 1. The highest BCUT2D eigenvalue weighted by atomic mass is 32.2. The van der Waals surface area contributed by atoms with Crippen LogP contribution < -0.4 is 10.1 Å². The van der Waals surface area contributed by atoms with Crippen LogP contribution in [0.25, 0.3) is 22.4 Å². The summed E-state index contributed by atoms with van der Waals surface area (Å²) < 4.78 is 38.8. The molecule has 1 amide bonds. The third-order valence-electron chi connectivity index (χ3n) is 6.17.